The van der Waals surface area contributed by atoms with Crippen LogP contribution in [0.5, 0.6) is 0 Å². The number of hydrogen-bond acceptors (Lipinski definition) is 8. The highest BCUT2D eigenvalue weighted by molar-refractivity contribution is 7.92. The molecule has 172 valence electrons. The largest absolute Gasteiger partial charge is 0.348 e. The first-order valence-electron chi connectivity index (χ1n) is 9.54. The highest BCUT2D eigenvalue weighted by atomic mass is 32.2. The topological polar surface area (TPSA) is 121 Å². The molecule has 0 aliphatic rings. The van der Waals surface area contributed by atoms with E-state index in [9.17, 15) is 17.8 Å². The maximum atomic E-state index is 13.5. The number of nitrogens with zero attached hydrogens (tertiary/aromatic N) is 4. The molecule has 0 unspecified atom stereocenters. The SMILES string of the molecule is C=CCNC(=O)c1cnc(Nc2ccc(F)c(F)c2)nc1Nc1cccc(N=S(C)(C)=O)n1. The second kappa shape index (κ2) is 10.1. The third-order valence-electron chi connectivity index (χ3n) is 3.91. The van der Waals surface area contributed by atoms with Crippen molar-refractivity contribution in [2.45, 2.75) is 0 Å². The van der Waals surface area contributed by atoms with Crippen LogP contribution in [0.2, 0.25) is 0 Å². The van der Waals surface area contributed by atoms with Crippen molar-refractivity contribution >= 4 is 44.7 Å². The third-order valence-corrected chi connectivity index (χ3v) is 4.54. The molecule has 0 fully saturated rings. The van der Waals surface area contributed by atoms with Crippen molar-refractivity contribution in [3.63, 3.8) is 0 Å². The van der Waals surface area contributed by atoms with E-state index < -0.39 is 27.3 Å². The van der Waals surface area contributed by atoms with Gasteiger partial charge in [0, 0.05) is 46.7 Å². The molecule has 3 aromatic rings. The van der Waals surface area contributed by atoms with E-state index >= 15 is 0 Å². The number of carbonyl (C=O) groups is 1. The average Bonchev–Trinajstić information content (AvgIpc) is 2.74. The Bertz CT molecular complexity index is 1320. The van der Waals surface area contributed by atoms with Gasteiger partial charge in [-0.05, 0) is 24.3 Å². The lowest BCUT2D eigenvalue weighted by Gasteiger charge is -2.13. The summed E-state index contributed by atoms with van der Waals surface area (Å²) in [5.74, 6) is -1.85. The quantitative estimate of drug-likeness (QED) is 0.424. The summed E-state index contributed by atoms with van der Waals surface area (Å²) >= 11 is 0. The van der Waals surface area contributed by atoms with Crippen LogP contribution in [0.15, 0.2) is 59.6 Å². The van der Waals surface area contributed by atoms with Crippen LogP contribution in [0, 0.1) is 11.6 Å². The first-order chi connectivity index (χ1) is 15.6. The molecule has 2 heterocycles. The minimum absolute atomic E-state index is 0.0229. The second-order valence-corrected chi connectivity index (χ2v) is 9.53. The Hall–Kier alpha value is -3.93. The monoisotopic (exact) mass is 473 g/mol. The van der Waals surface area contributed by atoms with Crippen LogP contribution in [-0.2, 0) is 9.73 Å². The van der Waals surface area contributed by atoms with Crippen LogP contribution in [-0.4, -0.2) is 44.1 Å². The Morgan fingerprint density at radius 2 is 1.94 bits per heavy atom. The standard InChI is InChI=1S/C21H21F2N7O2S/c1-4-10-24-20(31)14-12-25-21(26-13-8-9-15(22)16(23)11-13)29-19(14)28-17-6-5-7-18(27-17)30-33(2,3)32/h4-9,11-12H,1,10H2,2-3H3,(H,24,31)(H2,25,26,27,28,29). The normalized spacial score (nSPS) is 10.9. The Morgan fingerprint density at radius 3 is 2.64 bits per heavy atom. The van der Waals surface area contributed by atoms with E-state index in [-0.39, 0.29) is 41.2 Å². The highest BCUT2D eigenvalue weighted by Crippen LogP contribution is 2.23. The summed E-state index contributed by atoms with van der Waals surface area (Å²) in [7, 11) is -2.43. The number of pyridine rings is 1. The van der Waals surface area contributed by atoms with Crippen molar-refractivity contribution in [3.8, 4) is 0 Å². The average molecular weight is 474 g/mol. The van der Waals surface area contributed by atoms with Crippen molar-refractivity contribution < 1.29 is 17.8 Å². The number of carbonyl (C=O) groups excluding carboxylic acids is 1. The number of rotatable bonds is 8. The Labute approximate surface area is 189 Å². The van der Waals surface area contributed by atoms with E-state index in [0.29, 0.717) is 0 Å². The fourth-order valence-electron chi connectivity index (χ4n) is 2.56. The van der Waals surface area contributed by atoms with Gasteiger partial charge in [0.15, 0.2) is 17.5 Å². The number of halogens is 2. The van der Waals surface area contributed by atoms with E-state index in [1.165, 1.54) is 30.9 Å². The van der Waals surface area contributed by atoms with Gasteiger partial charge in [-0.1, -0.05) is 12.1 Å². The molecule has 9 nitrogen and oxygen atoms in total. The summed E-state index contributed by atoms with van der Waals surface area (Å²) in [5.41, 5.74) is 0.315. The zero-order valence-corrected chi connectivity index (χ0v) is 18.6. The molecule has 3 rings (SSSR count). The summed E-state index contributed by atoms with van der Waals surface area (Å²) < 4.78 is 42.7. The smallest absolute Gasteiger partial charge is 0.256 e. The number of hydrogen-bond donors (Lipinski definition) is 3. The first-order valence-corrected chi connectivity index (χ1v) is 11.9. The molecular weight excluding hydrogens is 452 g/mol. The van der Waals surface area contributed by atoms with Crippen molar-refractivity contribution in [2.24, 2.45) is 4.36 Å². The molecule has 0 bridgehead atoms. The van der Waals surface area contributed by atoms with Crippen molar-refractivity contribution in [3.05, 3.63) is 72.4 Å². The second-order valence-electron chi connectivity index (χ2n) is 6.99. The van der Waals surface area contributed by atoms with Crippen LogP contribution in [0.4, 0.5) is 37.9 Å². The predicted molar refractivity (Wildman–Crippen MR) is 124 cm³/mol. The van der Waals surface area contributed by atoms with Crippen LogP contribution in [0.3, 0.4) is 0 Å². The van der Waals surface area contributed by atoms with Gasteiger partial charge in [-0.3, -0.25) is 4.79 Å². The van der Waals surface area contributed by atoms with Gasteiger partial charge in [0.1, 0.15) is 17.2 Å². The van der Waals surface area contributed by atoms with Crippen molar-refractivity contribution in [1.82, 2.24) is 20.3 Å². The predicted octanol–water partition coefficient (Wildman–Crippen LogP) is 3.91. The zero-order valence-electron chi connectivity index (χ0n) is 17.8. The van der Waals surface area contributed by atoms with Crippen LogP contribution < -0.4 is 16.0 Å². The summed E-state index contributed by atoms with van der Waals surface area (Å²) in [6.07, 6.45) is 5.76. The Morgan fingerprint density at radius 1 is 1.15 bits per heavy atom. The van der Waals surface area contributed by atoms with E-state index in [4.69, 9.17) is 0 Å². The van der Waals surface area contributed by atoms with Gasteiger partial charge in [0.25, 0.3) is 5.91 Å². The fourth-order valence-corrected chi connectivity index (χ4v) is 3.11. The van der Waals surface area contributed by atoms with E-state index in [1.54, 1.807) is 18.2 Å². The van der Waals surface area contributed by atoms with Crippen LogP contribution in [0.1, 0.15) is 10.4 Å². The fraction of sp³-hybridized carbons (Fsp3) is 0.143. The van der Waals surface area contributed by atoms with Gasteiger partial charge in [0.2, 0.25) is 5.95 Å². The molecule has 1 aromatic carbocycles. The minimum atomic E-state index is -2.43. The Kier molecular flexibility index (Phi) is 7.28. The van der Waals surface area contributed by atoms with Gasteiger partial charge in [0.05, 0.1) is 0 Å². The molecule has 33 heavy (non-hydrogen) atoms. The molecule has 0 spiro atoms. The number of nitrogens with one attached hydrogen (secondary N) is 3. The maximum Gasteiger partial charge on any atom is 0.256 e. The van der Waals surface area contributed by atoms with Crippen LogP contribution in [0.25, 0.3) is 0 Å². The summed E-state index contributed by atoms with van der Waals surface area (Å²) in [5, 5.41) is 8.32. The first kappa shape index (κ1) is 23.7. The van der Waals surface area contributed by atoms with Crippen molar-refractivity contribution in [2.75, 3.05) is 29.7 Å². The lowest BCUT2D eigenvalue weighted by atomic mass is 10.2. The number of benzene rings is 1. The lowest BCUT2D eigenvalue weighted by molar-refractivity contribution is 0.0958. The molecule has 3 N–H and O–H groups in total. The lowest BCUT2D eigenvalue weighted by Crippen LogP contribution is -2.25. The van der Waals surface area contributed by atoms with Gasteiger partial charge >= 0.3 is 0 Å². The molecule has 0 saturated heterocycles. The summed E-state index contributed by atoms with van der Waals surface area (Å²) in [6.45, 7) is 3.78. The number of aromatic nitrogens is 3. The van der Waals surface area contributed by atoms with Gasteiger partial charge in [-0.2, -0.15) is 9.35 Å². The minimum Gasteiger partial charge on any atom is -0.348 e. The molecular formula is C21H21F2N7O2S. The molecule has 0 aliphatic heterocycles. The summed E-state index contributed by atoms with van der Waals surface area (Å²) in [4.78, 5) is 25.2. The number of amides is 1. The molecule has 0 atom stereocenters. The highest BCUT2D eigenvalue weighted by Gasteiger charge is 2.16. The van der Waals surface area contributed by atoms with Crippen molar-refractivity contribution in [1.29, 1.82) is 0 Å². The molecule has 1 amide bonds. The maximum absolute atomic E-state index is 13.5. The van der Waals surface area contributed by atoms with Crippen LogP contribution >= 0.6 is 0 Å². The molecule has 0 aliphatic carbocycles. The zero-order chi connectivity index (χ0) is 24.0. The Balaban J connectivity index is 1.97. The third kappa shape index (κ3) is 6.77. The van der Waals surface area contributed by atoms with Gasteiger partial charge in [-0.25, -0.2) is 23.0 Å². The van der Waals surface area contributed by atoms with E-state index in [2.05, 4.69) is 41.8 Å². The molecule has 0 radical (unpaired) electrons. The van der Waals surface area contributed by atoms with E-state index in [0.717, 1.165) is 12.1 Å². The van der Waals surface area contributed by atoms with Gasteiger partial charge < -0.3 is 16.0 Å². The number of anilines is 4. The molecule has 12 heteroatoms. The molecule has 0 saturated carbocycles. The van der Waals surface area contributed by atoms with Gasteiger partial charge in [-0.15, -0.1) is 6.58 Å². The van der Waals surface area contributed by atoms with E-state index in [1.807, 2.05) is 0 Å². The summed E-state index contributed by atoms with van der Waals surface area (Å²) in [6, 6.07) is 8.09. The molecule has 2 aromatic heterocycles.